The molecule has 0 unspecified atom stereocenters. The molecule has 1 aliphatic heterocycles. The van der Waals surface area contributed by atoms with Gasteiger partial charge in [-0.15, -0.1) is 0 Å². The lowest BCUT2D eigenvalue weighted by atomic mass is 10.1. The number of rotatable bonds is 6. The molecule has 2 aromatic rings. The fourth-order valence-electron chi connectivity index (χ4n) is 2.43. The van der Waals surface area contributed by atoms with Crippen LogP contribution in [0.2, 0.25) is 0 Å². The van der Waals surface area contributed by atoms with E-state index in [0.29, 0.717) is 6.54 Å². The van der Waals surface area contributed by atoms with Gasteiger partial charge in [-0.1, -0.05) is 0 Å². The van der Waals surface area contributed by atoms with E-state index in [-0.39, 0.29) is 18.1 Å². The average molecular weight is 327 g/mol. The van der Waals surface area contributed by atoms with Gasteiger partial charge in [0.25, 0.3) is 0 Å². The predicted octanol–water partition coefficient (Wildman–Crippen LogP) is 1.88. The van der Waals surface area contributed by atoms with Crippen molar-refractivity contribution in [2.24, 2.45) is 0 Å². The Morgan fingerprint density at radius 1 is 1.42 bits per heavy atom. The van der Waals surface area contributed by atoms with Crippen molar-refractivity contribution in [1.82, 2.24) is 20.1 Å². The van der Waals surface area contributed by atoms with E-state index in [1.165, 1.54) is 6.33 Å². The smallest absolute Gasteiger partial charge is 0.241 e. The van der Waals surface area contributed by atoms with Gasteiger partial charge in [0.2, 0.25) is 5.91 Å². The highest BCUT2D eigenvalue weighted by Gasteiger charge is 2.16. The third-order valence-corrected chi connectivity index (χ3v) is 3.89. The van der Waals surface area contributed by atoms with E-state index in [4.69, 9.17) is 4.74 Å². The van der Waals surface area contributed by atoms with Crippen LogP contribution in [-0.4, -0.2) is 39.4 Å². The Bertz CT molecular complexity index is 682. The Morgan fingerprint density at radius 3 is 2.92 bits per heavy atom. The number of hydrogen-bond donors (Lipinski definition) is 2. The molecular weight excluding hydrogens is 306 g/mol. The van der Waals surface area contributed by atoms with Gasteiger partial charge in [-0.25, -0.2) is 9.67 Å². The summed E-state index contributed by atoms with van der Waals surface area (Å²) < 4.78 is 7.15. The maximum absolute atomic E-state index is 12.2. The highest BCUT2D eigenvalue weighted by molar-refractivity contribution is 5.94. The number of ether oxygens (including phenoxy) is 1. The minimum Gasteiger partial charge on any atom is -0.497 e. The molecule has 7 nitrogen and oxygen atoms in total. The molecule has 7 heteroatoms. The Kier molecular flexibility index (Phi) is 5.22. The summed E-state index contributed by atoms with van der Waals surface area (Å²) in [6, 6.07) is 7.15. The van der Waals surface area contributed by atoms with E-state index >= 15 is 0 Å². The van der Waals surface area contributed by atoms with Crippen LogP contribution in [-0.2, 0) is 9.53 Å². The van der Waals surface area contributed by atoms with Crippen molar-refractivity contribution >= 4 is 11.6 Å². The monoisotopic (exact) mass is 327 g/mol. The Hall–Kier alpha value is -2.67. The number of anilines is 1. The molecule has 1 aliphatic rings. The maximum Gasteiger partial charge on any atom is 0.241 e. The normalized spacial score (nSPS) is 18.0. The SMILES string of the molecule is C[C@H](NC[C@@H]1CCC=CO1)C(=O)Nc1ccc(-n2cncn2)cc1. The summed E-state index contributed by atoms with van der Waals surface area (Å²) in [7, 11) is 0. The fourth-order valence-corrected chi connectivity index (χ4v) is 2.43. The zero-order valence-electron chi connectivity index (χ0n) is 13.6. The molecular formula is C17H21N5O2. The summed E-state index contributed by atoms with van der Waals surface area (Å²) in [6.45, 7) is 2.50. The summed E-state index contributed by atoms with van der Waals surface area (Å²) in [5, 5.41) is 10.2. The summed E-state index contributed by atoms with van der Waals surface area (Å²) >= 11 is 0. The van der Waals surface area contributed by atoms with Gasteiger partial charge in [-0.2, -0.15) is 5.10 Å². The van der Waals surface area contributed by atoms with E-state index in [1.54, 1.807) is 17.3 Å². The molecule has 0 radical (unpaired) electrons. The van der Waals surface area contributed by atoms with Crippen molar-refractivity contribution in [2.45, 2.75) is 31.9 Å². The molecule has 0 saturated heterocycles. The van der Waals surface area contributed by atoms with E-state index in [9.17, 15) is 4.79 Å². The molecule has 126 valence electrons. The molecule has 0 fully saturated rings. The van der Waals surface area contributed by atoms with Crippen molar-refractivity contribution in [1.29, 1.82) is 0 Å². The molecule has 1 aromatic carbocycles. The van der Waals surface area contributed by atoms with Crippen LogP contribution < -0.4 is 10.6 Å². The van der Waals surface area contributed by atoms with Gasteiger partial charge < -0.3 is 15.4 Å². The molecule has 0 aliphatic carbocycles. The molecule has 2 N–H and O–H groups in total. The van der Waals surface area contributed by atoms with E-state index in [1.807, 2.05) is 37.3 Å². The maximum atomic E-state index is 12.2. The van der Waals surface area contributed by atoms with Crippen LogP contribution in [0.4, 0.5) is 5.69 Å². The third kappa shape index (κ3) is 4.20. The molecule has 2 atom stereocenters. The second kappa shape index (κ2) is 7.74. The molecule has 1 amide bonds. The van der Waals surface area contributed by atoms with Gasteiger partial charge in [0.05, 0.1) is 18.0 Å². The Labute approximate surface area is 140 Å². The van der Waals surface area contributed by atoms with Crippen molar-refractivity contribution in [2.75, 3.05) is 11.9 Å². The van der Waals surface area contributed by atoms with Crippen molar-refractivity contribution < 1.29 is 9.53 Å². The van der Waals surface area contributed by atoms with Crippen LogP contribution in [0.15, 0.2) is 49.3 Å². The fraction of sp³-hybridized carbons (Fsp3) is 0.353. The molecule has 3 rings (SSSR count). The summed E-state index contributed by atoms with van der Waals surface area (Å²) in [6.07, 6.45) is 8.98. The molecule has 0 spiro atoms. The minimum atomic E-state index is -0.297. The van der Waals surface area contributed by atoms with Gasteiger partial charge in [-0.3, -0.25) is 4.79 Å². The first-order chi connectivity index (χ1) is 11.7. The van der Waals surface area contributed by atoms with E-state index < -0.39 is 0 Å². The number of hydrogen-bond acceptors (Lipinski definition) is 5. The number of carbonyl (C=O) groups is 1. The van der Waals surface area contributed by atoms with Crippen molar-refractivity contribution in [3.05, 3.63) is 49.3 Å². The first kappa shape index (κ1) is 16.2. The second-order valence-electron chi connectivity index (χ2n) is 5.71. The molecule has 0 saturated carbocycles. The van der Waals surface area contributed by atoms with Gasteiger partial charge in [0.15, 0.2) is 0 Å². The third-order valence-electron chi connectivity index (χ3n) is 3.89. The lowest BCUT2D eigenvalue weighted by molar-refractivity contribution is -0.117. The highest BCUT2D eigenvalue weighted by Crippen LogP contribution is 2.13. The number of nitrogens with zero attached hydrogens (tertiary/aromatic N) is 3. The zero-order valence-corrected chi connectivity index (χ0v) is 13.6. The Morgan fingerprint density at radius 2 is 2.25 bits per heavy atom. The second-order valence-corrected chi connectivity index (χ2v) is 5.71. The van der Waals surface area contributed by atoms with E-state index in [2.05, 4.69) is 20.7 Å². The number of benzene rings is 1. The van der Waals surface area contributed by atoms with E-state index in [0.717, 1.165) is 24.2 Å². The molecule has 24 heavy (non-hydrogen) atoms. The van der Waals surface area contributed by atoms with Gasteiger partial charge >= 0.3 is 0 Å². The highest BCUT2D eigenvalue weighted by atomic mass is 16.5. The summed E-state index contributed by atoms with van der Waals surface area (Å²) in [5.41, 5.74) is 1.63. The minimum absolute atomic E-state index is 0.0742. The summed E-state index contributed by atoms with van der Waals surface area (Å²) in [5.74, 6) is -0.0742. The van der Waals surface area contributed by atoms with Crippen LogP contribution in [0, 0.1) is 0 Å². The first-order valence-electron chi connectivity index (χ1n) is 8.02. The first-order valence-corrected chi connectivity index (χ1v) is 8.02. The van der Waals surface area contributed by atoms with Crippen molar-refractivity contribution in [3.63, 3.8) is 0 Å². The number of allylic oxidation sites excluding steroid dienone is 1. The number of aromatic nitrogens is 3. The lowest BCUT2D eigenvalue weighted by Crippen LogP contribution is -2.42. The average Bonchev–Trinajstić information content (AvgIpc) is 3.16. The summed E-state index contributed by atoms with van der Waals surface area (Å²) in [4.78, 5) is 16.2. The molecule has 2 heterocycles. The van der Waals surface area contributed by atoms with Crippen LogP contribution >= 0.6 is 0 Å². The lowest BCUT2D eigenvalue weighted by Gasteiger charge is -2.22. The largest absolute Gasteiger partial charge is 0.497 e. The standard InChI is InChI=1S/C17H21N5O2/c1-13(19-10-16-4-2-3-9-24-16)17(23)21-14-5-7-15(8-6-14)22-12-18-11-20-22/h3,5-9,11-13,16,19H,2,4,10H2,1H3,(H,21,23)/t13-,16-/m0/s1. The van der Waals surface area contributed by atoms with Gasteiger partial charge in [-0.05, 0) is 50.1 Å². The molecule has 0 bridgehead atoms. The number of carbonyl (C=O) groups excluding carboxylic acids is 1. The van der Waals surface area contributed by atoms with Crippen LogP contribution in [0.3, 0.4) is 0 Å². The quantitative estimate of drug-likeness (QED) is 0.846. The number of amides is 1. The topological polar surface area (TPSA) is 81.1 Å². The van der Waals surface area contributed by atoms with Gasteiger partial charge in [0, 0.05) is 12.2 Å². The van der Waals surface area contributed by atoms with Crippen LogP contribution in [0.1, 0.15) is 19.8 Å². The zero-order chi connectivity index (χ0) is 16.8. The van der Waals surface area contributed by atoms with Crippen molar-refractivity contribution in [3.8, 4) is 5.69 Å². The number of nitrogens with one attached hydrogen (secondary N) is 2. The van der Waals surface area contributed by atoms with Crippen LogP contribution in [0.5, 0.6) is 0 Å². The van der Waals surface area contributed by atoms with Crippen LogP contribution in [0.25, 0.3) is 5.69 Å². The predicted molar refractivity (Wildman–Crippen MR) is 90.7 cm³/mol. The Balaban J connectivity index is 1.49. The van der Waals surface area contributed by atoms with Gasteiger partial charge in [0.1, 0.15) is 18.8 Å². The molecule has 1 aromatic heterocycles.